The monoisotopic (exact) mass is 275 g/mol. The number of nitrogens with zero attached hydrogens (tertiary/aromatic N) is 4. The van der Waals surface area contributed by atoms with Gasteiger partial charge >= 0.3 is 0 Å². The maximum absolute atomic E-state index is 4.24. The molecule has 0 amide bonds. The van der Waals surface area contributed by atoms with Crippen LogP contribution in [0.1, 0.15) is 48.0 Å². The molecule has 1 unspecified atom stereocenters. The van der Waals surface area contributed by atoms with Crippen LogP contribution in [0.25, 0.3) is 0 Å². The third kappa shape index (κ3) is 2.19. The molecule has 2 aliphatic carbocycles. The topological polar surface area (TPSA) is 55.6 Å². The Morgan fingerprint density at radius 2 is 2.32 bits per heavy atom. The van der Waals surface area contributed by atoms with Gasteiger partial charge in [-0.05, 0) is 59.5 Å². The van der Waals surface area contributed by atoms with Crippen molar-refractivity contribution in [2.24, 2.45) is 0 Å². The molecule has 100 valence electrons. The summed E-state index contributed by atoms with van der Waals surface area (Å²) in [5.41, 5.74) is 1.43. The molecule has 2 aromatic rings. The van der Waals surface area contributed by atoms with E-state index < -0.39 is 0 Å². The zero-order valence-corrected chi connectivity index (χ0v) is 11.6. The predicted octanol–water partition coefficient (Wildman–Crippen LogP) is 1.91. The molecular formula is C13H17N5S. The van der Waals surface area contributed by atoms with E-state index in [0.717, 1.165) is 18.8 Å². The van der Waals surface area contributed by atoms with Crippen LogP contribution in [0.5, 0.6) is 0 Å². The molecule has 1 atom stereocenters. The van der Waals surface area contributed by atoms with Gasteiger partial charge in [0.2, 0.25) is 0 Å². The number of hydrogen-bond donors (Lipinski definition) is 1. The summed E-state index contributed by atoms with van der Waals surface area (Å²) in [5, 5.41) is 18.0. The van der Waals surface area contributed by atoms with Gasteiger partial charge in [-0.2, -0.15) is 0 Å². The maximum Gasteiger partial charge on any atom is 0.165 e. The molecule has 0 aromatic carbocycles. The van der Waals surface area contributed by atoms with Crippen LogP contribution >= 0.6 is 11.3 Å². The molecule has 1 N–H and O–H groups in total. The van der Waals surface area contributed by atoms with Gasteiger partial charge in [-0.15, -0.1) is 16.4 Å². The van der Waals surface area contributed by atoms with Crippen LogP contribution in [-0.2, 0) is 13.0 Å². The average molecular weight is 275 g/mol. The van der Waals surface area contributed by atoms with Crippen molar-refractivity contribution in [3.8, 4) is 0 Å². The van der Waals surface area contributed by atoms with Crippen LogP contribution in [0.15, 0.2) is 11.4 Å². The lowest BCUT2D eigenvalue weighted by atomic mass is 9.94. The Labute approximate surface area is 116 Å². The number of hydrogen-bond acceptors (Lipinski definition) is 5. The lowest BCUT2D eigenvalue weighted by Gasteiger charge is -2.23. The molecule has 19 heavy (non-hydrogen) atoms. The Balaban J connectivity index is 1.60. The summed E-state index contributed by atoms with van der Waals surface area (Å²) in [5.74, 6) is 0.968. The van der Waals surface area contributed by atoms with Gasteiger partial charge in [0.05, 0.1) is 12.6 Å². The molecule has 0 aliphatic heterocycles. The maximum atomic E-state index is 4.24. The van der Waals surface area contributed by atoms with Gasteiger partial charge < -0.3 is 5.32 Å². The van der Waals surface area contributed by atoms with E-state index in [-0.39, 0.29) is 0 Å². The van der Waals surface area contributed by atoms with E-state index in [2.05, 4.69) is 32.3 Å². The van der Waals surface area contributed by atoms with Gasteiger partial charge in [-0.1, -0.05) is 0 Å². The van der Waals surface area contributed by atoms with E-state index in [1.807, 2.05) is 16.0 Å². The number of rotatable bonds is 4. The normalized spacial score (nSPS) is 22.4. The Hall–Kier alpha value is -1.27. The van der Waals surface area contributed by atoms with Crippen molar-refractivity contribution < 1.29 is 0 Å². The summed E-state index contributed by atoms with van der Waals surface area (Å²) >= 11 is 1.86. The third-order valence-electron chi connectivity index (χ3n) is 4.00. The average Bonchev–Trinajstić information content (AvgIpc) is 2.96. The van der Waals surface area contributed by atoms with E-state index in [4.69, 9.17) is 0 Å². The molecule has 5 nitrogen and oxygen atoms in total. The first kappa shape index (κ1) is 11.5. The standard InChI is InChI=1S/C13H17N5S/c1-2-11(10-6-7-19-12(10)3-1)18-13(15-16-17-18)8-14-9-4-5-9/h6-7,9,11,14H,1-5,8H2. The molecule has 0 saturated heterocycles. The highest BCUT2D eigenvalue weighted by Gasteiger charge is 2.27. The van der Waals surface area contributed by atoms with Gasteiger partial charge in [-0.25, -0.2) is 4.68 Å². The first-order valence-corrected chi connectivity index (χ1v) is 7.86. The van der Waals surface area contributed by atoms with Crippen molar-refractivity contribution in [2.75, 3.05) is 0 Å². The van der Waals surface area contributed by atoms with Crippen molar-refractivity contribution in [1.29, 1.82) is 0 Å². The highest BCUT2D eigenvalue weighted by atomic mass is 32.1. The number of tetrazole rings is 1. The van der Waals surface area contributed by atoms with E-state index in [0.29, 0.717) is 12.1 Å². The molecule has 4 rings (SSSR count). The highest BCUT2D eigenvalue weighted by Crippen LogP contribution is 2.35. The smallest absolute Gasteiger partial charge is 0.165 e. The largest absolute Gasteiger partial charge is 0.307 e. The quantitative estimate of drug-likeness (QED) is 0.926. The second-order valence-corrected chi connectivity index (χ2v) is 6.40. The fourth-order valence-electron chi connectivity index (χ4n) is 2.81. The Bertz CT molecular complexity index is 571. The number of thiophene rings is 1. The van der Waals surface area contributed by atoms with Crippen molar-refractivity contribution >= 4 is 11.3 Å². The summed E-state index contributed by atoms with van der Waals surface area (Å²) in [6.45, 7) is 0.785. The first-order chi connectivity index (χ1) is 9.42. The second-order valence-electron chi connectivity index (χ2n) is 5.40. The van der Waals surface area contributed by atoms with E-state index in [9.17, 15) is 0 Å². The summed E-state index contributed by atoms with van der Waals surface area (Å²) in [7, 11) is 0. The van der Waals surface area contributed by atoms with Crippen LogP contribution in [0.3, 0.4) is 0 Å². The van der Waals surface area contributed by atoms with Crippen LogP contribution in [0.2, 0.25) is 0 Å². The molecule has 6 heteroatoms. The van der Waals surface area contributed by atoms with E-state index in [1.54, 1.807) is 0 Å². The summed E-state index contributed by atoms with van der Waals surface area (Å²) in [6, 6.07) is 3.26. The van der Waals surface area contributed by atoms with Gasteiger partial charge in [0, 0.05) is 10.9 Å². The van der Waals surface area contributed by atoms with Crippen molar-refractivity contribution in [3.63, 3.8) is 0 Å². The molecule has 0 radical (unpaired) electrons. The summed E-state index contributed by atoms with van der Waals surface area (Å²) < 4.78 is 2.03. The van der Waals surface area contributed by atoms with Crippen LogP contribution in [0, 0.1) is 0 Å². The van der Waals surface area contributed by atoms with Gasteiger partial charge in [0.1, 0.15) is 0 Å². The van der Waals surface area contributed by atoms with Crippen molar-refractivity contribution in [1.82, 2.24) is 25.5 Å². The van der Waals surface area contributed by atoms with Crippen LogP contribution < -0.4 is 5.32 Å². The number of aromatic nitrogens is 4. The Morgan fingerprint density at radius 3 is 3.21 bits per heavy atom. The summed E-state index contributed by atoms with van der Waals surface area (Å²) in [6.07, 6.45) is 6.17. The molecule has 2 heterocycles. The number of nitrogens with one attached hydrogen (secondary N) is 1. The second kappa shape index (κ2) is 4.68. The molecule has 2 aliphatic rings. The fourth-order valence-corrected chi connectivity index (χ4v) is 3.79. The predicted molar refractivity (Wildman–Crippen MR) is 73.1 cm³/mol. The third-order valence-corrected chi connectivity index (χ3v) is 5.00. The van der Waals surface area contributed by atoms with E-state index >= 15 is 0 Å². The van der Waals surface area contributed by atoms with E-state index in [1.165, 1.54) is 36.1 Å². The van der Waals surface area contributed by atoms with Crippen LogP contribution in [-0.4, -0.2) is 26.2 Å². The van der Waals surface area contributed by atoms with Gasteiger partial charge in [-0.3, -0.25) is 0 Å². The van der Waals surface area contributed by atoms with Crippen molar-refractivity contribution in [2.45, 2.75) is 50.7 Å². The zero-order chi connectivity index (χ0) is 12.7. The highest BCUT2D eigenvalue weighted by molar-refractivity contribution is 7.10. The molecular weight excluding hydrogens is 258 g/mol. The zero-order valence-electron chi connectivity index (χ0n) is 10.7. The Morgan fingerprint density at radius 1 is 1.37 bits per heavy atom. The van der Waals surface area contributed by atoms with Gasteiger partial charge in [0.15, 0.2) is 5.82 Å². The minimum atomic E-state index is 0.334. The van der Waals surface area contributed by atoms with Crippen LogP contribution in [0.4, 0.5) is 0 Å². The molecule has 1 saturated carbocycles. The molecule has 0 bridgehead atoms. The lowest BCUT2D eigenvalue weighted by Crippen LogP contribution is -2.23. The Kier molecular flexibility index (Phi) is 2.85. The first-order valence-electron chi connectivity index (χ1n) is 6.98. The van der Waals surface area contributed by atoms with Crippen molar-refractivity contribution in [3.05, 3.63) is 27.7 Å². The lowest BCUT2D eigenvalue weighted by molar-refractivity contribution is 0.425. The minimum absolute atomic E-state index is 0.334. The molecule has 2 aromatic heterocycles. The minimum Gasteiger partial charge on any atom is -0.307 e. The number of aryl methyl sites for hydroxylation is 1. The molecule has 0 spiro atoms. The number of fused-ring (bicyclic) bond motifs is 1. The summed E-state index contributed by atoms with van der Waals surface area (Å²) in [4.78, 5) is 1.51. The SMILES string of the molecule is c1cc2c(s1)CCCC2n1nnnc1CNC1CC1. The molecule has 1 fully saturated rings. The van der Waals surface area contributed by atoms with Gasteiger partial charge in [0.25, 0.3) is 0 Å². The fraction of sp³-hybridized carbons (Fsp3) is 0.615.